The third-order valence-corrected chi connectivity index (χ3v) is 6.31. The Bertz CT molecular complexity index is 668. The first-order valence-corrected chi connectivity index (χ1v) is 8.33. The van der Waals surface area contributed by atoms with E-state index in [1.54, 1.807) is 0 Å². The van der Waals surface area contributed by atoms with Crippen LogP contribution in [-0.2, 0) is 10.0 Å². The van der Waals surface area contributed by atoms with E-state index in [9.17, 15) is 18.5 Å². The molecule has 0 aliphatic carbocycles. The number of nitrogens with one attached hydrogen (secondary N) is 1. The van der Waals surface area contributed by atoms with Crippen LogP contribution in [0.1, 0.15) is 12.8 Å². The zero-order valence-electron chi connectivity index (χ0n) is 11.5. The maximum atomic E-state index is 12.7. The van der Waals surface area contributed by atoms with Crippen LogP contribution >= 0.6 is 0 Å². The van der Waals surface area contributed by atoms with E-state index < -0.39 is 14.9 Å². The second-order valence-corrected chi connectivity index (χ2v) is 7.65. The van der Waals surface area contributed by atoms with Crippen LogP contribution in [0.3, 0.4) is 0 Å². The van der Waals surface area contributed by atoms with Gasteiger partial charge >= 0.3 is 0 Å². The number of nitrogens with zero attached hydrogens (tertiary/aromatic N) is 2. The summed E-state index contributed by atoms with van der Waals surface area (Å²) >= 11 is 0. The summed E-state index contributed by atoms with van der Waals surface area (Å²) in [6.45, 7) is 2.58. The average molecular weight is 311 g/mol. The third-order valence-electron chi connectivity index (χ3n) is 4.42. The van der Waals surface area contributed by atoms with Crippen molar-refractivity contribution in [1.29, 1.82) is 0 Å². The van der Waals surface area contributed by atoms with E-state index in [0.717, 1.165) is 25.9 Å². The van der Waals surface area contributed by atoms with Crippen LogP contribution in [0.2, 0.25) is 0 Å². The molecule has 0 saturated carbocycles. The van der Waals surface area contributed by atoms with Gasteiger partial charge in [0.1, 0.15) is 0 Å². The van der Waals surface area contributed by atoms with Gasteiger partial charge in [-0.1, -0.05) is 12.1 Å². The molecule has 7 nitrogen and oxygen atoms in total. The van der Waals surface area contributed by atoms with Gasteiger partial charge in [-0.05, 0) is 30.9 Å². The van der Waals surface area contributed by atoms with Gasteiger partial charge in [-0.25, -0.2) is 8.42 Å². The molecule has 1 atom stereocenters. The highest BCUT2D eigenvalue weighted by Crippen LogP contribution is 2.39. The number of hydrogen-bond donors (Lipinski definition) is 1. The Hall–Kier alpha value is -1.51. The summed E-state index contributed by atoms with van der Waals surface area (Å²) < 4.78 is 26.8. The van der Waals surface area contributed by atoms with Gasteiger partial charge in [0, 0.05) is 25.7 Å². The van der Waals surface area contributed by atoms with Gasteiger partial charge in [0.15, 0.2) is 4.90 Å². The number of sulfonamides is 1. The second kappa shape index (κ2) is 5.04. The predicted molar refractivity (Wildman–Crippen MR) is 76.4 cm³/mol. The number of para-hydroxylation sites is 1. The fourth-order valence-corrected chi connectivity index (χ4v) is 4.92. The fourth-order valence-electron chi connectivity index (χ4n) is 3.21. The third kappa shape index (κ3) is 2.43. The molecule has 1 spiro atoms. The maximum absolute atomic E-state index is 12.7. The van der Waals surface area contributed by atoms with Crippen LogP contribution in [0, 0.1) is 15.5 Å². The smallest absolute Gasteiger partial charge is 0.289 e. The topological polar surface area (TPSA) is 92.5 Å². The Morgan fingerprint density at radius 2 is 2.05 bits per heavy atom. The molecular weight excluding hydrogens is 294 g/mol. The Morgan fingerprint density at radius 3 is 2.71 bits per heavy atom. The molecule has 1 N–H and O–H groups in total. The number of hydrogen-bond acceptors (Lipinski definition) is 5. The SMILES string of the molecule is O=[N+]([O-])c1ccccc1S(=O)(=O)N1CCC2(CCNC2)C1. The number of nitro benzene ring substituents is 1. The van der Waals surface area contributed by atoms with Gasteiger partial charge in [0.2, 0.25) is 10.0 Å². The van der Waals surface area contributed by atoms with Gasteiger partial charge in [-0.2, -0.15) is 4.31 Å². The van der Waals surface area contributed by atoms with Gasteiger partial charge in [0.25, 0.3) is 5.69 Å². The summed E-state index contributed by atoms with van der Waals surface area (Å²) in [7, 11) is -3.81. The first-order chi connectivity index (χ1) is 9.95. The van der Waals surface area contributed by atoms with Crippen LogP contribution in [0.5, 0.6) is 0 Å². The summed E-state index contributed by atoms with van der Waals surface area (Å²) in [6.07, 6.45) is 1.76. The van der Waals surface area contributed by atoms with E-state index in [4.69, 9.17) is 0 Å². The lowest BCUT2D eigenvalue weighted by Gasteiger charge is -2.22. The van der Waals surface area contributed by atoms with Crippen molar-refractivity contribution in [2.75, 3.05) is 26.2 Å². The van der Waals surface area contributed by atoms with Crippen molar-refractivity contribution in [2.24, 2.45) is 5.41 Å². The number of rotatable bonds is 3. The zero-order chi connectivity index (χ0) is 15.1. The Kier molecular flexibility index (Phi) is 3.46. The van der Waals surface area contributed by atoms with E-state index in [1.807, 2.05) is 0 Å². The van der Waals surface area contributed by atoms with Crippen LogP contribution in [0.25, 0.3) is 0 Å². The Balaban J connectivity index is 1.93. The van der Waals surface area contributed by atoms with E-state index in [1.165, 1.54) is 28.6 Å². The molecular formula is C13H17N3O4S. The minimum atomic E-state index is -3.81. The van der Waals surface area contributed by atoms with E-state index in [-0.39, 0.29) is 16.0 Å². The van der Waals surface area contributed by atoms with Gasteiger partial charge in [-0.15, -0.1) is 0 Å². The summed E-state index contributed by atoms with van der Waals surface area (Å²) in [5, 5.41) is 14.3. The van der Waals surface area contributed by atoms with Gasteiger partial charge in [-0.3, -0.25) is 10.1 Å². The molecule has 0 aromatic heterocycles. The molecule has 3 rings (SSSR count). The second-order valence-electron chi connectivity index (χ2n) is 5.74. The van der Waals surface area contributed by atoms with Crippen LogP contribution in [-0.4, -0.2) is 43.8 Å². The van der Waals surface area contributed by atoms with Crippen molar-refractivity contribution in [3.05, 3.63) is 34.4 Å². The molecule has 2 heterocycles. The Labute approximate surface area is 123 Å². The first kappa shape index (κ1) is 14.4. The number of nitro groups is 1. The lowest BCUT2D eigenvalue weighted by molar-refractivity contribution is -0.387. The maximum Gasteiger partial charge on any atom is 0.289 e. The van der Waals surface area contributed by atoms with Crippen LogP contribution < -0.4 is 5.32 Å². The van der Waals surface area contributed by atoms with Crippen molar-refractivity contribution in [3.63, 3.8) is 0 Å². The molecule has 0 bridgehead atoms. The molecule has 1 aromatic rings. The lowest BCUT2D eigenvalue weighted by atomic mass is 9.87. The molecule has 2 fully saturated rings. The Morgan fingerprint density at radius 1 is 1.29 bits per heavy atom. The summed E-state index contributed by atoms with van der Waals surface area (Å²) in [4.78, 5) is 10.2. The van der Waals surface area contributed by atoms with Crippen molar-refractivity contribution >= 4 is 15.7 Å². The normalized spacial score (nSPS) is 26.5. The molecule has 2 aliphatic rings. The highest BCUT2D eigenvalue weighted by atomic mass is 32.2. The lowest BCUT2D eigenvalue weighted by Crippen LogP contribution is -2.33. The summed E-state index contributed by atoms with van der Waals surface area (Å²) in [5.74, 6) is 0. The molecule has 1 unspecified atom stereocenters. The standard InChI is InChI=1S/C13H17N3O4S/c17-16(18)11-3-1-2-4-12(11)21(19,20)15-8-6-13(10-15)5-7-14-9-13/h1-4,14H,5-10H2. The molecule has 0 radical (unpaired) electrons. The monoisotopic (exact) mass is 311 g/mol. The van der Waals surface area contributed by atoms with Crippen molar-refractivity contribution in [1.82, 2.24) is 9.62 Å². The number of benzene rings is 1. The molecule has 2 aliphatic heterocycles. The quantitative estimate of drug-likeness (QED) is 0.663. The van der Waals surface area contributed by atoms with Gasteiger partial charge in [0.05, 0.1) is 4.92 Å². The van der Waals surface area contributed by atoms with Crippen LogP contribution in [0.4, 0.5) is 5.69 Å². The van der Waals surface area contributed by atoms with Crippen LogP contribution in [0.15, 0.2) is 29.2 Å². The summed E-state index contributed by atoms with van der Waals surface area (Å²) in [6, 6.07) is 5.54. The largest absolute Gasteiger partial charge is 0.316 e. The average Bonchev–Trinajstić information content (AvgIpc) is 3.10. The minimum absolute atomic E-state index is 0.00334. The minimum Gasteiger partial charge on any atom is -0.316 e. The molecule has 8 heteroatoms. The molecule has 114 valence electrons. The molecule has 2 saturated heterocycles. The molecule has 21 heavy (non-hydrogen) atoms. The van der Waals surface area contributed by atoms with E-state index in [0.29, 0.717) is 13.1 Å². The summed E-state index contributed by atoms with van der Waals surface area (Å²) in [5.41, 5.74) is -0.362. The molecule has 0 amide bonds. The first-order valence-electron chi connectivity index (χ1n) is 6.89. The van der Waals surface area contributed by atoms with Gasteiger partial charge < -0.3 is 5.32 Å². The highest BCUT2D eigenvalue weighted by molar-refractivity contribution is 7.89. The highest BCUT2D eigenvalue weighted by Gasteiger charge is 2.45. The fraction of sp³-hybridized carbons (Fsp3) is 0.538. The zero-order valence-corrected chi connectivity index (χ0v) is 12.3. The van der Waals surface area contributed by atoms with Crippen molar-refractivity contribution in [2.45, 2.75) is 17.7 Å². The van der Waals surface area contributed by atoms with Crippen molar-refractivity contribution in [3.8, 4) is 0 Å². The van der Waals surface area contributed by atoms with E-state index in [2.05, 4.69) is 5.32 Å². The van der Waals surface area contributed by atoms with E-state index >= 15 is 0 Å². The van der Waals surface area contributed by atoms with Crippen molar-refractivity contribution < 1.29 is 13.3 Å². The molecule has 1 aromatic carbocycles. The predicted octanol–water partition coefficient (Wildman–Crippen LogP) is 0.969.